The molecule has 2 aromatic rings. The Morgan fingerprint density at radius 1 is 1.12 bits per heavy atom. The number of nitrogens with one attached hydrogen (secondary N) is 1. The molecule has 1 fully saturated rings. The van der Waals surface area contributed by atoms with E-state index >= 15 is 0 Å². The fourth-order valence-electron chi connectivity index (χ4n) is 3.32. The summed E-state index contributed by atoms with van der Waals surface area (Å²) in [6.07, 6.45) is 0. The Hall–Kier alpha value is -1.43. The summed E-state index contributed by atoms with van der Waals surface area (Å²) in [7, 11) is 0. The predicted octanol–water partition coefficient (Wildman–Crippen LogP) is 3.06. The maximum absolute atomic E-state index is 4.50. The first-order valence-electron chi connectivity index (χ1n) is 8.81. The van der Waals surface area contributed by atoms with E-state index in [4.69, 9.17) is 0 Å². The number of benzene rings is 1. The number of hydrogen-bond donors (Lipinski definition) is 1. The summed E-state index contributed by atoms with van der Waals surface area (Å²) in [5, 5.41) is 4.77. The second kappa shape index (κ2) is 8.10. The normalized spacial score (nSPS) is 17.2. The Balaban J connectivity index is 1.42. The van der Waals surface area contributed by atoms with E-state index in [1.807, 2.05) is 0 Å². The van der Waals surface area contributed by atoms with Gasteiger partial charge in [0, 0.05) is 55.9 Å². The van der Waals surface area contributed by atoms with Gasteiger partial charge in [-0.05, 0) is 32.9 Å². The highest BCUT2D eigenvalue weighted by Gasteiger charge is 2.21. The largest absolute Gasteiger partial charge is 0.369 e. The summed E-state index contributed by atoms with van der Waals surface area (Å²) in [5.74, 6) is 0. The van der Waals surface area contributed by atoms with Crippen LogP contribution in [0.2, 0.25) is 0 Å². The molecular formula is C19H28N4S. The van der Waals surface area contributed by atoms with E-state index in [9.17, 15) is 0 Å². The Morgan fingerprint density at radius 3 is 2.46 bits per heavy atom. The standard InChI is InChI=1S/C19H28N4S/c1-15(13-20-14-19-16(2)21-17(3)24-19)22-9-11-23(12-10-22)18-7-5-4-6-8-18/h4-8,15,20H,9-14H2,1-3H3/t15-/m1/s1. The molecule has 1 N–H and O–H groups in total. The van der Waals surface area contributed by atoms with Gasteiger partial charge in [0.2, 0.25) is 0 Å². The van der Waals surface area contributed by atoms with Crippen LogP contribution in [0.1, 0.15) is 22.5 Å². The number of aryl methyl sites for hydroxylation is 2. The molecule has 5 heteroatoms. The molecule has 3 rings (SSSR count). The van der Waals surface area contributed by atoms with Crippen LogP contribution in [0.5, 0.6) is 0 Å². The summed E-state index contributed by atoms with van der Waals surface area (Å²) >= 11 is 1.81. The fourth-order valence-corrected chi connectivity index (χ4v) is 4.23. The number of para-hydroxylation sites is 1. The molecular weight excluding hydrogens is 316 g/mol. The lowest BCUT2D eigenvalue weighted by molar-refractivity contribution is 0.193. The topological polar surface area (TPSA) is 31.4 Å². The molecule has 1 saturated heterocycles. The molecule has 4 nitrogen and oxygen atoms in total. The minimum absolute atomic E-state index is 0.567. The van der Waals surface area contributed by atoms with E-state index in [1.165, 1.54) is 16.3 Å². The number of piperazine rings is 1. The van der Waals surface area contributed by atoms with Crippen molar-refractivity contribution in [2.24, 2.45) is 0 Å². The molecule has 1 aliphatic rings. The van der Waals surface area contributed by atoms with Crippen molar-refractivity contribution in [3.63, 3.8) is 0 Å². The molecule has 0 amide bonds. The van der Waals surface area contributed by atoms with Gasteiger partial charge in [0.05, 0.1) is 10.7 Å². The quantitative estimate of drug-likeness (QED) is 0.873. The van der Waals surface area contributed by atoms with Crippen LogP contribution >= 0.6 is 11.3 Å². The third kappa shape index (κ3) is 4.35. The summed E-state index contributed by atoms with van der Waals surface area (Å²) in [4.78, 5) is 10.9. The average Bonchev–Trinajstić information content (AvgIpc) is 2.93. The highest BCUT2D eigenvalue weighted by atomic mass is 32.1. The average molecular weight is 345 g/mol. The lowest BCUT2D eigenvalue weighted by atomic mass is 10.2. The third-order valence-corrected chi connectivity index (χ3v) is 5.86. The van der Waals surface area contributed by atoms with Crippen molar-refractivity contribution in [3.8, 4) is 0 Å². The van der Waals surface area contributed by atoms with Crippen LogP contribution in [-0.4, -0.2) is 48.6 Å². The van der Waals surface area contributed by atoms with Gasteiger partial charge in [-0.1, -0.05) is 18.2 Å². The predicted molar refractivity (Wildman–Crippen MR) is 103 cm³/mol. The second-order valence-electron chi connectivity index (χ2n) is 6.58. The van der Waals surface area contributed by atoms with E-state index < -0.39 is 0 Å². The molecule has 0 bridgehead atoms. The third-order valence-electron chi connectivity index (χ3n) is 4.78. The molecule has 1 atom stereocenters. The molecule has 130 valence electrons. The van der Waals surface area contributed by atoms with Gasteiger partial charge in [-0.2, -0.15) is 0 Å². The summed E-state index contributed by atoms with van der Waals surface area (Å²) in [6, 6.07) is 11.3. The summed E-state index contributed by atoms with van der Waals surface area (Å²) < 4.78 is 0. The van der Waals surface area contributed by atoms with Crippen molar-refractivity contribution in [1.82, 2.24) is 15.2 Å². The fraction of sp³-hybridized carbons (Fsp3) is 0.526. The van der Waals surface area contributed by atoms with Gasteiger partial charge >= 0.3 is 0 Å². The number of thiazole rings is 1. The SMILES string of the molecule is Cc1nc(C)c(CNC[C@@H](C)N2CCN(c3ccccc3)CC2)s1. The first-order chi connectivity index (χ1) is 11.6. The van der Waals surface area contributed by atoms with Gasteiger partial charge in [-0.25, -0.2) is 4.98 Å². The van der Waals surface area contributed by atoms with Crippen LogP contribution in [0.15, 0.2) is 30.3 Å². The maximum Gasteiger partial charge on any atom is 0.0900 e. The van der Waals surface area contributed by atoms with Crippen molar-refractivity contribution in [1.29, 1.82) is 0 Å². The van der Waals surface area contributed by atoms with Gasteiger partial charge in [0.15, 0.2) is 0 Å². The van der Waals surface area contributed by atoms with Crippen molar-refractivity contribution >= 4 is 17.0 Å². The highest BCUT2D eigenvalue weighted by molar-refractivity contribution is 7.11. The highest BCUT2D eigenvalue weighted by Crippen LogP contribution is 2.18. The molecule has 0 unspecified atom stereocenters. The molecule has 1 aliphatic heterocycles. The van der Waals surface area contributed by atoms with Gasteiger partial charge < -0.3 is 10.2 Å². The molecule has 2 heterocycles. The van der Waals surface area contributed by atoms with E-state index in [0.717, 1.165) is 44.3 Å². The van der Waals surface area contributed by atoms with E-state index in [-0.39, 0.29) is 0 Å². The van der Waals surface area contributed by atoms with Crippen LogP contribution < -0.4 is 10.2 Å². The van der Waals surface area contributed by atoms with E-state index in [0.29, 0.717) is 6.04 Å². The lowest BCUT2D eigenvalue weighted by Gasteiger charge is -2.39. The monoisotopic (exact) mass is 344 g/mol. The van der Waals surface area contributed by atoms with Crippen LogP contribution in [-0.2, 0) is 6.54 Å². The molecule has 1 aromatic heterocycles. The minimum Gasteiger partial charge on any atom is -0.369 e. The van der Waals surface area contributed by atoms with Crippen LogP contribution in [0.25, 0.3) is 0 Å². The zero-order valence-electron chi connectivity index (χ0n) is 15.0. The number of nitrogens with zero attached hydrogens (tertiary/aromatic N) is 3. The van der Waals surface area contributed by atoms with Gasteiger partial charge in [0.1, 0.15) is 0 Å². The van der Waals surface area contributed by atoms with Crippen molar-refractivity contribution in [2.75, 3.05) is 37.6 Å². The Kier molecular flexibility index (Phi) is 5.87. The zero-order valence-corrected chi connectivity index (χ0v) is 15.8. The van der Waals surface area contributed by atoms with Gasteiger partial charge in [-0.3, -0.25) is 4.90 Å². The first-order valence-corrected chi connectivity index (χ1v) is 9.63. The Labute approximate surface area is 149 Å². The molecule has 0 aliphatic carbocycles. The van der Waals surface area contributed by atoms with Crippen LogP contribution in [0.3, 0.4) is 0 Å². The summed E-state index contributed by atoms with van der Waals surface area (Å²) in [5.41, 5.74) is 2.52. The summed E-state index contributed by atoms with van der Waals surface area (Å²) in [6.45, 7) is 13.0. The van der Waals surface area contributed by atoms with Crippen LogP contribution in [0.4, 0.5) is 5.69 Å². The van der Waals surface area contributed by atoms with Crippen molar-refractivity contribution in [2.45, 2.75) is 33.4 Å². The van der Waals surface area contributed by atoms with Crippen molar-refractivity contribution < 1.29 is 0 Å². The second-order valence-corrected chi connectivity index (χ2v) is 7.87. The smallest absolute Gasteiger partial charge is 0.0900 e. The number of rotatable bonds is 6. The number of aromatic nitrogens is 1. The molecule has 0 saturated carbocycles. The zero-order chi connectivity index (χ0) is 16.9. The minimum atomic E-state index is 0.567. The lowest BCUT2D eigenvalue weighted by Crippen LogP contribution is -2.51. The number of hydrogen-bond acceptors (Lipinski definition) is 5. The molecule has 1 aromatic carbocycles. The molecule has 0 spiro atoms. The number of anilines is 1. The molecule has 24 heavy (non-hydrogen) atoms. The van der Waals surface area contributed by atoms with Crippen LogP contribution in [0, 0.1) is 13.8 Å². The van der Waals surface area contributed by atoms with Crippen molar-refractivity contribution in [3.05, 3.63) is 45.9 Å². The van der Waals surface area contributed by atoms with E-state index in [1.54, 1.807) is 11.3 Å². The maximum atomic E-state index is 4.50. The van der Waals surface area contributed by atoms with E-state index in [2.05, 4.69) is 71.2 Å². The Morgan fingerprint density at radius 2 is 1.83 bits per heavy atom. The first kappa shape index (κ1) is 17.4. The van der Waals surface area contributed by atoms with Gasteiger partial charge in [-0.15, -0.1) is 11.3 Å². The Bertz CT molecular complexity index is 632. The molecule has 0 radical (unpaired) electrons. The van der Waals surface area contributed by atoms with Gasteiger partial charge in [0.25, 0.3) is 0 Å².